The standard InChI is InChI=1S/C21H21NO4/c1-12-5-7-14(3)16(9-12)11-26-21(25)15(4)22-19(23)17-8-6-13(2)10-18(17)20(22)24/h5-10,15H,11H2,1-4H3. The minimum atomic E-state index is -0.979. The fraction of sp³-hybridized carbons (Fsp3) is 0.286. The summed E-state index contributed by atoms with van der Waals surface area (Å²) in [6, 6.07) is 10.0. The highest BCUT2D eigenvalue weighted by Crippen LogP contribution is 2.26. The number of carbonyl (C=O) groups is 3. The predicted molar refractivity (Wildman–Crippen MR) is 96.9 cm³/mol. The van der Waals surface area contributed by atoms with E-state index in [-0.39, 0.29) is 6.61 Å². The average Bonchev–Trinajstić information content (AvgIpc) is 2.85. The van der Waals surface area contributed by atoms with Crippen LogP contribution in [0.3, 0.4) is 0 Å². The minimum absolute atomic E-state index is 0.110. The molecule has 0 saturated carbocycles. The Bertz CT molecular complexity index is 916. The van der Waals surface area contributed by atoms with E-state index in [4.69, 9.17) is 4.74 Å². The van der Waals surface area contributed by atoms with Crippen LogP contribution >= 0.6 is 0 Å². The molecule has 0 radical (unpaired) electrons. The lowest BCUT2D eigenvalue weighted by Gasteiger charge is -2.21. The van der Waals surface area contributed by atoms with Gasteiger partial charge in [0.1, 0.15) is 12.6 Å². The van der Waals surface area contributed by atoms with Gasteiger partial charge in [0.15, 0.2) is 0 Å². The molecule has 0 bridgehead atoms. The van der Waals surface area contributed by atoms with Crippen molar-refractivity contribution in [1.82, 2.24) is 4.90 Å². The Kier molecular flexibility index (Phi) is 4.64. The summed E-state index contributed by atoms with van der Waals surface area (Å²) in [5, 5.41) is 0. The van der Waals surface area contributed by atoms with E-state index >= 15 is 0 Å². The summed E-state index contributed by atoms with van der Waals surface area (Å²) < 4.78 is 5.37. The Morgan fingerprint density at radius 2 is 1.58 bits per heavy atom. The molecule has 1 atom stereocenters. The number of aryl methyl sites for hydroxylation is 3. The van der Waals surface area contributed by atoms with E-state index in [1.807, 2.05) is 39.0 Å². The van der Waals surface area contributed by atoms with Crippen molar-refractivity contribution in [2.45, 2.75) is 40.3 Å². The molecule has 0 aliphatic carbocycles. The monoisotopic (exact) mass is 351 g/mol. The maximum absolute atomic E-state index is 12.6. The first kappa shape index (κ1) is 17.9. The smallest absolute Gasteiger partial charge is 0.329 e. The third kappa shape index (κ3) is 3.12. The summed E-state index contributed by atoms with van der Waals surface area (Å²) in [5.74, 6) is -1.51. The van der Waals surface area contributed by atoms with Crippen molar-refractivity contribution in [3.8, 4) is 0 Å². The number of nitrogens with zero attached hydrogens (tertiary/aromatic N) is 1. The Balaban J connectivity index is 1.74. The summed E-state index contributed by atoms with van der Waals surface area (Å²) in [7, 11) is 0. The van der Waals surface area contributed by atoms with Gasteiger partial charge in [0.25, 0.3) is 11.8 Å². The Labute approximate surface area is 152 Å². The van der Waals surface area contributed by atoms with Gasteiger partial charge in [-0.25, -0.2) is 4.79 Å². The summed E-state index contributed by atoms with van der Waals surface area (Å²) in [6.45, 7) is 7.38. The molecule has 0 aromatic heterocycles. The van der Waals surface area contributed by atoms with Crippen LogP contribution < -0.4 is 0 Å². The van der Waals surface area contributed by atoms with Crippen LogP contribution in [0, 0.1) is 20.8 Å². The number of benzene rings is 2. The lowest BCUT2D eigenvalue weighted by Crippen LogP contribution is -2.43. The maximum Gasteiger partial charge on any atom is 0.329 e. The zero-order valence-corrected chi connectivity index (χ0v) is 15.3. The van der Waals surface area contributed by atoms with Crippen molar-refractivity contribution in [3.05, 3.63) is 69.8 Å². The molecule has 1 aliphatic heterocycles. The number of esters is 1. The number of carbonyl (C=O) groups excluding carboxylic acids is 3. The SMILES string of the molecule is Cc1ccc(C)c(COC(=O)C(C)N2C(=O)c3ccc(C)cc3C2=O)c1. The highest BCUT2D eigenvalue weighted by Gasteiger charge is 2.41. The van der Waals surface area contributed by atoms with Crippen LogP contribution in [0.2, 0.25) is 0 Å². The van der Waals surface area contributed by atoms with Gasteiger partial charge in [-0.05, 0) is 51.0 Å². The van der Waals surface area contributed by atoms with Crippen LogP contribution in [0.1, 0.15) is 49.9 Å². The first-order valence-corrected chi connectivity index (χ1v) is 8.51. The average molecular weight is 351 g/mol. The van der Waals surface area contributed by atoms with E-state index in [1.165, 1.54) is 6.92 Å². The predicted octanol–water partition coefficient (Wildman–Crippen LogP) is 3.34. The topological polar surface area (TPSA) is 63.7 Å². The maximum atomic E-state index is 12.6. The molecule has 0 spiro atoms. The van der Waals surface area contributed by atoms with Gasteiger partial charge >= 0.3 is 5.97 Å². The van der Waals surface area contributed by atoms with E-state index in [9.17, 15) is 14.4 Å². The molecule has 0 N–H and O–H groups in total. The number of imide groups is 1. The first-order valence-electron chi connectivity index (χ1n) is 8.51. The van der Waals surface area contributed by atoms with Crippen molar-refractivity contribution in [2.75, 3.05) is 0 Å². The van der Waals surface area contributed by atoms with Gasteiger partial charge in [-0.3, -0.25) is 14.5 Å². The van der Waals surface area contributed by atoms with Gasteiger partial charge in [-0.15, -0.1) is 0 Å². The molecule has 2 aromatic carbocycles. The second kappa shape index (κ2) is 6.75. The van der Waals surface area contributed by atoms with E-state index in [0.29, 0.717) is 11.1 Å². The second-order valence-corrected chi connectivity index (χ2v) is 6.74. The van der Waals surface area contributed by atoms with E-state index in [1.54, 1.807) is 18.2 Å². The van der Waals surface area contributed by atoms with Crippen molar-refractivity contribution in [3.63, 3.8) is 0 Å². The van der Waals surface area contributed by atoms with Gasteiger partial charge in [-0.2, -0.15) is 0 Å². The first-order chi connectivity index (χ1) is 12.3. The fourth-order valence-electron chi connectivity index (χ4n) is 3.06. The summed E-state index contributed by atoms with van der Waals surface area (Å²) >= 11 is 0. The number of ether oxygens (including phenoxy) is 1. The molecule has 1 heterocycles. The van der Waals surface area contributed by atoms with Crippen LogP contribution in [0.5, 0.6) is 0 Å². The molecule has 0 fully saturated rings. The molecule has 134 valence electrons. The molecular weight excluding hydrogens is 330 g/mol. The van der Waals surface area contributed by atoms with Gasteiger partial charge in [-0.1, -0.05) is 35.4 Å². The third-order valence-corrected chi connectivity index (χ3v) is 4.68. The summed E-state index contributed by atoms with van der Waals surface area (Å²) in [5.41, 5.74) is 4.55. The normalized spacial score (nSPS) is 14.4. The molecule has 0 saturated heterocycles. The van der Waals surface area contributed by atoms with E-state index in [2.05, 4.69) is 0 Å². The van der Waals surface area contributed by atoms with Crippen molar-refractivity contribution in [1.29, 1.82) is 0 Å². The molecule has 3 rings (SSSR count). The lowest BCUT2D eigenvalue weighted by molar-refractivity contribution is -0.149. The van der Waals surface area contributed by atoms with Crippen LogP contribution in [-0.4, -0.2) is 28.7 Å². The Hall–Kier alpha value is -2.95. The van der Waals surface area contributed by atoms with Crippen molar-refractivity contribution < 1.29 is 19.1 Å². The zero-order chi connectivity index (χ0) is 19.0. The lowest BCUT2D eigenvalue weighted by atomic mass is 10.1. The molecule has 1 unspecified atom stereocenters. The number of hydrogen-bond donors (Lipinski definition) is 0. The Morgan fingerprint density at radius 1 is 0.962 bits per heavy atom. The highest BCUT2D eigenvalue weighted by molar-refractivity contribution is 6.22. The molecule has 5 nitrogen and oxygen atoms in total. The number of hydrogen-bond acceptors (Lipinski definition) is 4. The van der Waals surface area contributed by atoms with E-state index < -0.39 is 23.8 Å². The quantitative estimate of drug-likeness (QED) is 0.626. The number of rotatable bonds is 4. The molecule has 2 aromatic rings. The summed E-state index contributed by atoms with van der Waals surface area (Å²) in [4.78, 5) is 38.5. The summed E-state index contributed by atoms with van der Waals surface area (Å²) in [6.07, 6.45) is 0. The van der Waals surface area contributed by atoms with E-state index in [0.717, 1.165) is 27.2 Å². The van der Waals surface area contributed by atoms with Crippen LogP contribution in [0.4, 0.5) is 0 Å². The van der Waals surface area contributed by atoms with Crippen molar-refractivity contribution >= 4 is 17.8 Å². The fourth-order valence-corrected chi connectivity index (χ4v) is 3.06. The zero-order valence-electron chi connectivity index (χ0n) is 15.3. The van der Waals surface area contributed by atoms with Gasteiger partial charge in [0, 0.05) is 0 Å². The van der Waals surface area contributed by atoms with Crippen LogP contribution in [-0.2, 0) is 16.1 Å². The van der Waals surface area contributed by atoms with Crippen LogP contribution in [0.25, 0.3) is 0 Å². The molecule has 1 aliphatic rings. The van der Waals surface area contributed by atoms with Crippen molar-refractivity contribution in [2.24, 2.45) is 0 Å². The molecule has 26 heavy (non-hydrogen) atoms. The van der Waals surface area contributed by atoms with Gasteiger partial charge < -0.3 is 4.74 Å². The minimum Gasteiger partial charge on any atom is -0.459 e. The largest absolute Gasteiger partial charge is 0.459 e. The van der Waals surface area contributed by atoms with Crippen LogP contribution in [0.15, 0.2) is 36.4 Å². The number of fused-ring (bicyclic) bond motifs is 1. The number of amides is 2. The molecule has 5 heteroatoms. The molecular formula is C21H21NO4. The second-order valence-electron chi connectivity index (χ2n) is 6.74. The third-order valence-electron chi connectivity index (χ3n) is 4.68. The van der Waals surface area contributed by atoms with Gasteiger partial charge in [0.05, 0.1) is 11.1 Å². The Morgan fingerprint density at radius 3 is 2.31 bits per heavy atom. The van der Waals surface area contributed by atoms with Gasteiger partial charge in [0.2, 0.25) is 0 Å². The highest BCUT2D eigenvalue weighted by atomic mass is 16.5. The molecule has 2 amide bonds.